The van der Waals surface area contributed by atoms with Gasteiger partial charge in [-0.1, -0.05) is 49.2 Å². The van der Waals surface area contributed by atoms with Crippen molar-refractivity contribution in [2.75, 3.05) is 0 Å². The second kappa shape index (κ2) is 15.0. The van der Waals surface area contributed by atoms with Crippen molar-refractivity contribution in [3.05, 3.63) is 150 Å². The molecule has 4 bridgehead atoms. The summed E-state index contributed by atoms with van der Waals surface area (Å²) in [4.78, 5) is 0. The molecule has 228 valence electrons. The quantitative estimate of drug-likeness (QED) is 0.240. The molecule has 0 radical (unpaired) electrons. The molecule has 1 atom stereocenters. The van der Waals surface area contributed by atoms with Crippen LogP contribution in [-0.4, -0.2) is 3.21 Å². The fourth-order valence-electron chi connectivity index (χ4n) is 8.63. The van der Waals surface area contributed by atoms with Gasteiger partial charge < -0.3 is 24.8 Å². The molecule has 1 unspecified atom stereocenters. The largest absolute Gasteiger partial charge is 0.126 e. The van der Waals surface area contributed by atoms with Crippen molar-refractivity contribution >= 4 is 24.8 Å². The molecule has 0 nitrogen and oxygen atoms in total. The van der Waals surface area contributed by atoms with Crippen molar-refractivity contribution in [1.82, 2.24) is 0 Å². The third-order valence-electron chi connectivity index (χ3n) is 10.2. The molecule has 10 rings (SSSR count). The third kappa shape index (κ3) is 7.43. The monoisotopic (exact) mass is 704 g/mol. The Morgan fingerprint density at radius 1 is 0.644 bits per heavy atom. The molecule has 0 aromatic heterocycles. The third-order valence-corrected chi connectivity index (χ3v) is 11.6. The molecule has 0 spiro atoms. The Morgan fingerprint density at radius 2 is 1.07 bits per heavy atom. The topological polar surface area (TPSA) is 0 Å². The summed E-state index contributed by atoms with van der Waals surface area (Å²) >= 11 is 1.46. The molecule has 0 saturated heterocycles. The Morgan fingerprint density at radius 3 is 1.49 bits per heavy atom. The van der Waals surface area contributed by atoms with Crippen molar-refractivity contribution in [3.8, 4) is 0 Å². The number of halogens is 2. The van der Waals surface area contributed by atoms with Crippen LogP contribution in [-0.2, 0) is 24.2 Å². The van der Waals surface area contributed by atoms with Crippen molar-refractivity contribution < 1.29 is 49.0 Å². The second-order valence-electron chi connectivity index (χ2n) is 13.3. The van der Waals surface area contributed by atoms with E-state index in [1.165, 1.54) is 79.4 Å². The zero-order valence-electron chi connectivity index (χ0n) is 25.9. The van der Waals surface area contributed by atoms with Gasteiger partial charge in [-0.3, -0.25) is 6.08 Å². The molecule has 0 aliphatic heterocycles. The number of allylic oxidation sites excluding steroid dienone is 4. The molecule has 5 aromatic rings. The van der Waals surface area contributed by atoms with E-state index in [2.05, 4.69) is 140 Å². The van der Waals surface area contributed by atoms with Crippen molar-refractivity contribution in [1.29, 1.82) is 0 Å². The number of fused-ring (bicyclic) bond motifs is 3. The molecule has 3 heteroatoms. The summed E-state index contributed by atoms with van der Waals surface area (Å²) in [5, 5.41) is 5.39. The van der Waals surface area contributed by atoms with Gasteiger partial charge in [0.1, 0.15) is 0 Å². The van der Waals surface area contributed by atoms with Gasteiger partial charge in [0, 0.05) is 0 Å². The van der Waals surface area contributed by atoms with E-state index >= 15 is 0 Å². The van der Waals surface area contributed by atoms with Crippen LogP contribution in [0, 0.1) is 35.2 Å². The summed E-state index contributed by atoms with van der Waals surface area (Å²) in [7, 11) is 0. The normalized spacial score (nSPS) is 25.3. The average Bonchev–Trinajstić information content (AvgIpc) is 3.66. The summed E-state index contributed by atoms with van der Waals surface area (Å²) in [6.07, 6.45) is 17.6. The fourth-order valence-corrected chi connectivity index (χ4v) is 9.45. The van der Waals surface area contributed by atoms with Crippen molar-refractivity contribution in [2.45, 2.75) is 45.4 Å². The predicted molar refractivity (Wildman–Crippen MR) is 179 cm³/mol. The van der Waals surface area contributed by atoms with E-state index in [4.69, 9.17) is 0 Å². The van der Waals surface area contributed by atoms with E-state index in [0.29, 0.717) is 11.3 Å². The number of hydrogen-bond acceptors (Lipinski definition) is 0. The van der Waals surface area contributed by atoms with E-state index in [-0.39, 0.29) is 24.8 Å². The molecule has 0 heterocycles. The minimum Gasteiger partial charge on any atom is -0.126 e. The summed E-state index contributed by atoms with van der Waals surface area (Å²) in [6.45, 7) is 2.27. The summed E-state index contributed by atoms with van der Waals surface area (Å²) in [5.41, 5.74) is 4.84. The number of benzene rings is 4. The standard InChI is InChI=1S/C16H21.C13H9.C13H10.2ClH.Zr/c1-11-2-3-15(4-11)16-8-12-5-13(9-16)7-14(6-12)10-16;1-3-7-12-10(5-1)9-11-6-2-4-8-13(11)12;1-3-7-12(8-4-1)11-13-9-5-2-6-10-13;;;/h2-3,11-14H,5-10H2,1H3;1-9H;1-10H;2*1H;/q2*-1;;;;+2/p-2. The van der Waals surface area contributed by atoms with Gasteiger partial charge in [0.05, 0.1) is 0 Å². The van der Waals surface area contributed by atoms with Gasteiger partial charge in [0.15, 0.2) is 0 Å². The minimum absolute atomic E-state index is 0. The van der Waals surface area contributed by atoms with Gasteiger partial charge in [-0.2, -0.15) is 6.08 Å². The van der Waals surface area contributed by atoms with Crippen molar-refractivity contribution in [2.24, 2.45) is 29.1 Å². The maximum atomic E-state index is 3.72. The first-order valence-electron chi connectivity index (χ1n) is 16.1. The molecule has 4 saturated carbocycles. The maximum absolute atomic E-state index is 3.72. The predicted octanol–water partition coefficient (Wildman–Crippen LogP) is 4.66. The SMILES string of the molecule is CC1[C-]=C(C23CC4CC(CC(C4)C2)C3)C=C1.[Cl-].[Cl-].[Zr+2]=[C](c1ccccc1)c1ccccc1.c1ccc2c(c1)[cH-]c1ccccc12. The van der Waals surface area contributed by atoms with E-state index < -0.39 is 0 Å². The minimum atomic E-state index is 0. The van der Waals surface area contributed by atoms with Crippen LogP contribution >= 0.6 is 0 Å². The maximum Gasteiger partial charge on any atom is -0.0771 e. The Kier molecular flexibility index (Phi) is 11.3. The van der Waals surface area contributed by atoms with Crippen LogP contribution in [0.1, 0.15) is 56.6 Å². The van der Waals surface area contributed by atoms with Gasteiger partial charge in [0.25, 0.3) is 0 Å². The van der Waals surface area contributed by atoms with Gasteiger partial charge in [-0.15, -0.1) is 39.7 Å². The molecular formula is C42H40Cl2Zr-2. The average molecular weight is 707 g/mol. The van der Waals surface area contributed by atoms with Crippen LogP contribution in [0.2, 0.25) is 0 Å². The van der Waals surface area contributed by atoms with Crippen LogP contribution in [0.4, 0.5) is 0 Å². The molecule has 4 fully saturated rings. The number of hydrogen-bond donors (Lipinski definition) is 0. The molecule has 5 aliphatic carbocycles. The van der Waals surface area contributed by atoms with Gasteiger partial charge >= 0.3 is 99.2 Å². The molecule has 5 aromatic carbocycles. The molecule has 5 aliphatic rings. The Hall–Kier alpha value is -2.44. The van der Waals surface area contributed by atoms with Gasteiger partial charge in [-0.25, -0.2) is 11.6 Å². The van der Waals surface area contributed by atoms with Gasteiger partial charge in [-0.05, 0) is 61.7 Å². The summed E-state index contributed by atoms with van der Waals surface area (Å²) in [5.74, 6) is 3.75. The fraction of sp³-hybridized carbons (Fsp3) is 0.286. The Labute approximate surface area is 296 Å². The van der Waals surface area contributed by atoms with E-state index in [1.54, 1.807) is 24.8 Å². The zero-order valence-corrected chi connectivity index (χ0v) is 29.9. The second-order valence-corrected chi connectivity index (χ2v) is 14.6. The molecular weight excluding hydrogens is 667 g/mol. The van der Waals surface area contributed by atoms with Crippen LogP contribution in [0.5, 0.6) is 0 Å². The smallest absolute Gasteiger partial charge is 0.0771 e. The first-order valence-corrected chi connectivity index (χ1v) is 17.3. The van der Waals surface area contributed by atoms with Gasteiger partial charge in [0.2, 0.25) is 0 Å². The van der Waals surface area contributed by atoms with Crippen LogP contribution in [0.25, 0.3) is 21.5 Å². The Bertz CT molecular complexity index is 1650. The van der Waals surface area contributed by atoms with E-state index in [1.807, 2.05) is 0 Å². The molecule has 0 N–H and O–H groups in total. The van der Waals surface area contributed by atoms with Crippen LogP contribution in [0.3, 0.4) is 0 Å². The van der Waals surface area contributed by atoms with Crippen LogP contribution < -0.4 is 24.8 Å². The molecule has 45 heavy (non-hydrogen) atoms. The van der Waals surface area contributed by atoms with Crippen molar-refractivity contribution in [3.63, 3.8) is 0 Å². The van der Waals surface area contributed by atoms with E-state index in [0.717, 1.165) is 17.8 Å². The van der Waals surface area contributed by atoms with Crippen LogP contribution in [0.15, 0.2) is 133 Å². The first-order chi connectivity index (χ1) is 21.1. The number of rotatable bonds is 3. The first kappa shape index (κ1) is 33.9. The summed E-state index contributed by atoms with van der Waals surface area (Å²) < 4.78 is 1.42. The Balaban J connectivity index is 0.000000131. The summed E-state index contributed by atoms with van der Waals surface area (Å²) in [6, 6.07) is 40.4. The zero-order chi connectivity index (χ0) is 29.2. The molecule has 0 amide bonds. The van der Waals surface area contributed by atoms with E-state index in [9.17, 15) is 0 Å².